The van der Waals surface area contributed by atoms with E-state index in [1.807, 2.05) is 0 Å². The van der Waals surface area contributed by atoms with E-state index in [1.165, 1.54) is 6.08 Å². The molecule has 0 saturated carbocycles. The zero-order valence-electron chi connectivity index (χ0n) is 8.08. The topological polar surface area (TPSA) is 37.3 Å². The molecule has 1 aliphatic carbocycles. The lowest BCUT2D eigenvalue weighted by molar-refractivity contribution is -0.116. The zero-order valence-corrected chi connectivity index (χ0v) is 8.08. The quantitative estimate of drug-likeness (QED) is 0.467. The van der Waals surface area contributed by atoms with Gasteiger partial charge in [0.15, 0.2) is 5.78 Å². The van der Waals surface area contributed by atoms with Gasteiger partial charge in [0.25, 0.3) is 0 Å². The zero-order chi connectivity index (χ0) is 10.6. The van der Waals surface area contributed by atoms with E-state index in [9.17, 15) is 4.79 Å². The minimum atomic E-state index is -0.338. The summed E-state index contributed by atoms with van der Waals surface area (Å²) in [5, 5.41) is 8.78. The van der Waals surface area contributed by atoms with Crippen LogP contribution in [0.15, 0.2) is 36.1 Å². The van der Waals surface area contributed by atoms with Crippen molar-refractivity contribution in [3.8, 4) is 11.8 Å². The van der Waals surface area contributed by atoms with Crippen LogP contribution in [0.3, 0.4) is 0 Å². The van der Waals surface area contributed by atoms with Crippen LogP contribution in [0.2, 0.25) is 0 Å². The van der Waals surface area contributed by atoms with E-state index < -0.39 is 0 Å². The highest BCUT2D eigenvalue weighted by Crippen LogP contribution is 2.19. The van der Waals surface area contributed by atoms with Gasteiger partial charge in [-0.1, -0.05) is 24.5 Å². The lowest BCUT2D eigenvalue weighted by Gasteiger charge is -2.11. The number of hydrogen-bond donors (Lipinski definition) is 1. The molecule has 1 atom stereocenters. The summed E-state index contributed by atoms with van der Waals surface area (Å²) < 4.78 is 0. The van der Waals surface area contributed by atoms with Gasteiger partial charge >= 0.3 is 0 Å². The Hall–Kier alpha value is -1.75. The van der Waals surface area contributed by atoms with Crippen LogP contribution in [-0.4, -0.2) is 10.9 Å². The molecule has 0 heterocycles. The summed E-state index contributed by atoms with van der Waals surface area (Å²) in [6.45, 7) is 5.43. The number of carbonyl (C=O) groups excluding carboxylic acids is 1. The molecule has 0 radical (unpaired) electrons. The van der Waals surface area contributed by atoms with Gasteiger partial charge in [0, 0.05) is 0 Å². The van der Waals surface area contributed by atoms with Gasteiger partial charge in [0.1, 0.15) is 0 Å². The minimum absolute atomic E-state index is 0.00986. The molecule has 0 aromatic rings. The third-order valence-corrected chi connectivity index (χ3v) is 1.87. The molecular formula is C12H12O2. The summed E-state index contributed by atoms with van der Waals surface area (Å²) in [6, 6.07) is 0. The maximum absolute atomic E-state index is 11.3. The summed E-state index contributed by atoms with van der Waals surface area (Å²) in [5.41, 5.74) is 1.47. The Morgan fingerprint density at radius 3 is 3.00 bits per heavy atom. The molecule has 0 aliphatic heterocycles. The Bertz CT molecular complexity index is 375. The molecule has 0 aromatic carbocycles. The van der Waals surface area contributed by atoms with Gasteiger partial charge in [-0.3, -0.25) is 4.79 Å². The maximum atomic E-state index is 11.3. The van der Waals surface area contributed by atoms with Gasteiger partial charge in [-0.2, -0.15) is 0 Å². The molecule has 1 rings (SSSR count). The molecule has 1 unspecified atom stereocenters. The average Bonchev–Trinajstić information content (AvgIpc) is 2.16. The van der Waals surface area contributed by atoms with E-state index in [-0.39, 0.29) is 11.7 Å². The van der Waals surface area contributed by atoms with E-state index in [0.29, 0.717) is 6.42 Å². The molecule has 0 aromatic heterocycles. The monoisotopic (exact) mass is 188 g/mol. The fraction of sp³-hybridized carbons (Fsp3) is 0.250. The summed E-state index contributed by atoms with van der Waals surface area (Å²) in [6.07, 6.45) is 4.55. The van der Waals surface area contributed by atoms with E-state index >= 15 is 0 Å². The van der Waals surface area contributed by atoms with Crippen molar-refractivity contribution in [3.63, 3.8) is 0 Å². The molecule has 0 fully saturated rings. The molecule has 0 saturated heterocycles. The van der Waals surface area contributed by atoms with Crippen LogP contribution < -0.4 is 0 Å². The van der Waals surface area contributed by atoms with Gasteiger partial charge < -0.3 is 5.11 Å². The second-order valence-electron chi connectivity index (χ2n) is 3.25. The van der Waals surface area contributed by atoms with Crippen LogP contribution in [0.4, 0.5) is 0 Å². The van der Waals surface area contributed by atoms with Crippen molar-refractivity contribution < 1.29 is 9.90 Å². The van der Waals surface area contributed by atoms with Gasteiger partial charge in [0.05, 0.1) is 12.2 Å². The first-order chi connectivity index (χ1) is 6.63. The summed E-state index contributed by atoms with van der Waals surface area (Å²) in [4.78, 5) is 11.3. The molecule has 2 heteroatoms. The largest absolute Gasteiger partial charge is 0.515 e. The number of carbonyl (C=O) groups is 1. The first kappa shape index (κ1) is 10.3. The normalized spacial score (nSPS) is 23.1. The molecule has 0 amide bonds. The molecule has 1 aliphatic rings. The van der Waals surface area contributed by atoms with Crippen molar-refractivity contribution in [2.24, 2.45) is 5.92 Å². The molecule has 1 N–H and O–H groups in total. The van der Waals surface area contributed by atoms with Crippen LogP contribution in [-0.2, 0) is 4.79 Å². The van der Waals surface area contributed by atoms with Crippen molar-refractivity contribution in [2.75, 3.05) is 0 Å². The summed E-state index contributed by atoms with van der Waals surface area (Å²) in [7, 11) is 0. The number of rotatable bonds is 0. The first-order valence-electron chi connectivity index (χ1n) is 4.35. The lowest BCUT2D eigenvalue weighted by Crippen LogP contribution is -2.14. The van der Waals surface area contributed by atoms with Crippen molar-refractivity contribution in [3.05, 3.63) is 36.1 Å². The number of allylic oxidation sites excluding steroid dienone is 4. The molecule has 0 spiro atoms. The predicted octanol–water partition coefficient (Wildman–Crippen LogP) is 2.15. The third kappa shape index (κ3) is 2.63. The van der Waals surface area contributed by atoms with Gasteiger partial charge in [0.2, 0.25) is 0 Å². The van der Waals surface area contributed by atoms with E-state index in [2.05, 4.69) is 18.4 Å². The molecule has 2 nitrogen and oxygen atoms in total. The highest BCUT2D eigenvalue weighted by Gasteiger charge is 2.18. The van der Waals surface area contributed by atoms with Crippen molar-refractivity contribution in [2.45, 2.75) is 13.3 Å². The second kappa shape index (κ2) is 4.48. The number of ketones is 1. The average molecular weight is 188 g/mol. The predicted molar refractivity (Wildman–Crippen MR) is 55.6 cm³/mol. The highest BCUT2D eigenvalue weighted by molar-refractivity contribution is 5.95. The number of aliphatic hydroxyl groups is 1. The van der Waals surface area contributed by atoms with Crippen LogP contribution in [0.25, 0.3) is 0 Å². The third-order valence-electron chi connectivity index (χ3n) is 1.87. The highest BCUT2D eigenvalue weighted by atomic mass is 16.2. The van der Waals surface area contributed by atoms with Crippen LogP contribution in [0.1, 0.15) is 13.3 Å². The molecular weight excluding hydrogens is 176 g/mol. The van der Waals surface area contributed by atoms with E-state index in [4.69, 9.17) is 5.11 Å². The van der Waals surface area contributed by atoms with Crippen LogP contribution in [0.5, 0.6) is 0 Å². The smallest absolute Gasteiger partial charge is 0.170 e. The Kier molecular flexibility index (Phi) is 3.30. The van der Waals surface area contributed by atoms with Crippen molar-refractivity contribution in [1.29, 1.82) is 0 Å². The second-order valence-corrected chi connectivity index (χ2v) is 3.25. The SMILES string of the molecule is C=C(C)C#CC1C/C(=C\O)C=CC1=O. The van der Waals surface area contributed by atoms with Crippen molar-refractivity contribution in [1.82, 2.24) is 0 Å². The summed E-state index contributed by atoms with van der Waals surface area (Å²) >= 11 is 0. The van der Waals surface area contributed by atoms with Crippen molar-refractivity contribution >= 4 is 5.78 Å². The lowest BCUT2D eigenvalue weighted by atomic mass is 9.90. The van der Waals surface area contributed by atoms with Gasteiger partial charge in [-0.15, -0.1) is 0 Å². The molecule has 14 heavy (non-hydrogen) atoms. The van der Waals surface area contributed by atoms with Crippen LogP contribution >= 0.6 is 0 Å². The standard InChI is InChI=1S/C12H12O2/c1-9(2)3-5-11-7-10(8-13)4-6-12(11)14/h4,6,8,11,13H,1,7H2,2H3/b10-8-. The number of hydrogen-bond acceptors (Lipinski definition) is 2. The van der Waals surface area contributed by atoms with Crippen LogP contribution in [0, 0.1) is 17.8 Å². The Balaban J connectivity index is 2.83. The maximum Gasteiger partial charge on any atom is 0.170 e. The number of aliphatic hydroxyl groups excluding tert-OH is 1. The Morgan fingerprint density at radius 2 is 2.43 bits per heavy atom. The van der Waals surface area contributed by atoms with Gasteiger partial charge in [-0.05, 0) is 30.6 Å². The Morgan fingerprint density at radius 1 is 1.71 bits per heavy atom. The van der Waals surface area contributed by atoms with E-state index in [1.54, 1.807) is 13.0 Å². The minimum Gasteiger partial charge on any atom is -0.515 e. The molecule has 72 valence electrons. The van der Waals surface area contributed by atoms with Gasteiger partial charge in [-0.25, -0.2) is 0 Å². The fourth-order valence-electron chi connectivity index (χ4n) is 1.14. The molecule has 0 bridgehead atoms. The van der Waals surface area contributed by atoms with E-state index in [0.717, 1.165) is 17.4 Å². The fourth-order valence-corrected chi connectivity index (χ4v) is 1.14. The Labute approximate surface area is 83.6 Å². The first-order valence-corrected chi connectivity index (χ1v) is 4.35. The summed E-state index contributed by atoms with van der Waals surface area (Å²) in [5.74, 6) is 5.27.